The van der Waals surface area contributed by atoms with Gasteiger partial charge in [-0.1, -0.05) is 47.1 Å². The number of carbonyl (C=O) groups is 1. The minimum absolute atomic E-state index is 0.00440. The lowest BCUT2D eigenvalue weighted by Gasteiger charge is -2.22. The van der Waals surface area contributed by atoms with E-state index in [0.29, 0.717) is 5.92 Å². The van der Waals surface area contributed by atoms with Gasteiger partial charge in [0.15, 0.2) is 0 Å². The van der Waals surface area contributed by atoms with Crippen LogP contribution in [0.25, 0.3) is 0 Å². The van der Waals surface area contributed by atoms with Gasteiger partial charge in [-0.15, -0.1) is 0 Å². The third kappa shape index (κ3) is 8.32. The van der Waals surface area contributed by atoms with Gasteiger partial charge < -0.3 is 4.74 Å². The fourth-order valence-corrected chi connectivity index (χ4v) is 1.97. The topological polar surface area (TPSA) is 26.3 Å². The first-order valence-electron chi connectivity index (χ1n) is 7.19. The first kappa shape index (κ1) is 17.2. The van der Waals surface area contributed by atoms with E-state index >= 15 is 0 Å². The van der Waals surface area contributed by atoms with Gasteiger partial charge in [0.2, 0.25) is 0 Å². The minimum atomic E-state index is -0.317. The number of carbonyl (C=O) groups excluding carboxylic acids is 1. The molecule has 3 unspecified atom stereocenters. The molecule has 0 spiro atoms. The number of hydrogen-bond donors (Lipinski definition) is 0. The molecule has 0 rings (SSSR count). The van der Waals surface area contributed by atoms with Gasteiger partial charge in [-0.2, -0.15) is 0 Å². The molecule has 0 saturated heterocycles. The Morgan fingerprint density at radius 1 is 1.00 bits per heavy atom. The van der Waals surface area contributed by atoms with E-state index in [9.17, 15) is 4.79 Å². The van der Waals surface area contributed by atoms with Crippen LogP contribution < -0.4 is 0 Å². The molecule has 0 bridgehead atoms. The van der Waals surface area contributed by atoms with Crippen molar-refractivity contribution in [2.75, 3.05) is 0 Å². The summed E-state index contributed by atoms with van der Waals surface area (Å²) in [5.41, 5.74) is 0. The standard InChI is InChI=1S/C16H30O2/c1-7-16(17)18-15(6)11-10-14(5)13(4)9-8-12(2)3/h7,12-15H,1,8-11H2,2-6H3. The maximum Gasteiger partial charge on any atom is 0.330 e. The van der Waals surface area contributed by atoms with Crippen LogP contribution in [0.2, 0.25) is 0 Å². The summed E-state index contributed by atoms with van der Waals surface area (Å²) < 4.78 is 5.17. The summed E-state index contributed by atoms with van der Waals surface area (Å²) >= 11 is 0. The second-order valence-corrected chi connectivity index (χ2v) is 5.95. The van der Waals surface area contributed by atoms with E-state index in [4.69, 9.17) is 4.74 Å². The third-order valence-electron chi connectivity index (χ3n) is 3.68. The lowest BCUT2D eigenvalue weighted by atomic mass is 9.86. The largest absolute Gasteiger partial charge is 0.460 e. The first-order valence-corrected chi connectivity index (χ1v) is 7.19. The summed E-state index contributed by atoms with van der Waals surface area (Å²) in [5.74, 6) is 1.90. The van der Waals surface area contributed by atoms with E-state index in [1.54, 1.807) is 0 Å². The molecule has 0 fully saturated rings. The third-order valence-corrected chi connectivity index (χ3v) is 3.68. The second-order valence-electron chi connectivity index (χ2n) is 5.95. The van der Waals surface area contributed by atoms with Crippen LogP contribution in [0, 0.1) is 17.8 Å². The lowest BCUT2D eigenvalue weighted by Crippen LogP contribution is -2.16. The Hall–Kier alpha value is -0.790. The van der Waals surface area contributed by atoms with E-state index in [2.05, 4.69) is 34.3 Å². The first-order chi connectivity index (χ1) is 8.36. The Morgan fingerprint density at radius 2 is 1.50 bits per heavy atom. The summed E-state index contributed by atoms with van der Waals surface area (Å²) in [4.78, 5) is 11.0. The number of ether oxygens (including phenoxy) is 1. The Bertz CT molecular complexity index is 245. The zero-order valence-corrected chi connectivity index (χ0v) is 12.7. The van der Waals surface area contributed by atoms with Crippen molar-refractivity contribution in [3.63, 3.8) is 0 Å². The van der Waals surface area contributed by atoms with E-state index in [0.717, 1.165) is 24.7 Å². The van der Waals surface area contributed by atoms with Crippen LogP contribution in [0.5, 0.6) is 0 Å². The maximum atomic E-state index is 11.0. The summed E-state index contributed by atoms with van der Waals surface area (Å²) in [5, 5.41) is 0. The van der Waals surface area contributed by atoms with Crippen LogP contribution in [0.15, 0.2) is 12.7 Å². The number of hydrogen-bond acceptors (Lipinski definition) is 2. The number of esters is 1. The minimum Gasteiger partial charge on any atom is -0.460 e. The molecule has 0 aliphatic rings. The van der Waals surface area contributed by atoms with Crippen LogP contribution in [0.4, 0.5) is 0 Å². The van der Waals surface area contributed by atoms with Gasteiger partial charge in [0.25, 0.3) is 0 Å². The molecule has 0 heterocycles. The highest BCUT2D eigenvalue weighted by Gasteiger charge is 2.15. The zero-order chi connectivity index (χ0) is 14.1. The molecule has 0 amide bonds. The van der Waals surface area contributed by atoms with Gasteiger partial charge in [-0.25, -0.2) is 4.79 Å². The van der Waals surface area contributed by atoms with Gasteiger partial charge >= 0.3 is 5.97 Å². The quantitative estimate of drug-likeness (QED) is 0.444. The van der Waals surface area contributed by atoms with E-state index < -0.39 is 0 Å². The van der Waals surface area contributed by atoms with Crippen molar-refractivity contribution in [2.24, 2.45) is 17.8 Å². The smallest absolute Gasteiger partial charge is 0.330 e. The summed E-state index contributed by atoms with van der Waals surface area (Å²) in [6.07, 6.45) is 5.87. The van der Waals surface area contributed by atoms with E-state index in [1.807, 2.05) is 6.92 Å². The van der Waals surface area contributed by atoms with Crippen molar-refractivity contribution in [2.45, 2.75) is 66.4 Å². The fourth-order valence-electron chi connectivity index (χ4n) is 1.97. The molecule has 18 heavy (non-hydrogen) atoms. The molecule has 0 N–H and O–H groups in total. The molecule has 0 aliphatic heterocycles. The predicted octanol–water partition coefficient (Wildman–Crippen LogP) is 4.59. The van der Waals surface area contributed by atoms with Crippen LogP contribution in [-0.4, -0.2) is 12.1 Å². The van der Waals surface area contributed by atoms with Crippen LogP contribution >= 0.6 is 0 Å². The molecule has 2 nitrogen and oxygen atoms in total. The summed E-state index contributed by atoms with van der Waals surface area (Å²) in [6.45, 7) is 14.5. The summed E-state index contributed by atoms with van der Waals surface area (Å²) in [7, 11) is 0. The molecule has 0 radical (unpaired) electrons. The van der Waals surface area contributed by atoms with Crippen molar-refractivity contribution in [1.82, 2.24) is 0 Å². The Balaban J connectivity index is 3.83. The van der Waals surface area contributed by atoms with E-state index in [-0.39, 0.29) is 12.1 Å². The van der Waals surface area contributed by atoms with Crippen molar-refractivity contribution >= 4 is 5.97 Å². The Morgan fingerprint density at radius 3 is 1.94 bits per heavy atom. The van der Waals surface area contributed by atoms with Crippen molar-refractivity contribution in [1.29, 1.82) is 0 Å². The van der Waals surface area contributed by atoms with Crippen LogP contribution in [-0.2, 0) is 9.53 Å². The SMILES string of the molecule is C=CC(=O)OC(C)CCC(C)C(C)CCC(C)C. The molecular weight excluding hydrogens is 224 g/mol. The van der Waals surface area contributed by atoms with Gasteiger partial charge in [0, 0.05) is 6.08 Å². The average Bonchev–Trinajstić information content (AvgIpc) is 2.32. The van der Waals surface area contributed by atoms with Crippen molar-refractivity contribution in [3.05, 3.63) is 12.7 Å². The molecule has 0 aromatic carbocycles. The van der Waals surface area contributed by atoms with Gasteiger partial charge in [-0.3, -0.25) is 0 Å². The highest BCUT2D eigenvalue weighted by Crippen LogP contribution is 2.24. The molecule has 106 valence electrons. The molecule has 0 aromatic heterocycles. The van der Waals surface area contributed by atoms with E-state index in [1.165, 1.54) is 18.9 Å². The van der Waals surface area contributed by atoms with Crippen LogP contribution in [0.3, 0.4) is 0 Å². The van der Waals surface area contributed by atoms with Gasteiger partial charge in [0.05, 0.1) is 6.10 Å². The number of rotatable bonds is 9. The monoisotopic (exact) mass is 254 g/mol. The van der Waals surface area contributed by atoms with Crippen molar-refractivity contribution in [3.8, 4) is 0 Å². The fraction of sp³-hybridized carbons (Fsp3) is 0.812. The van der Waals surface area contributed by atoms with Gasteiger partial charge in [0.1, 0.15) is 0 Å². The predicted molar refractivity (Wildman–Crippen MR) is 77.4 cm³/mol. The highest BCUT2D eigenvalue weighted by molar-refractivity contribution is 5.81. The van der Waals surface area contributed by atoms with Crippen LogP contribution in [0.1, 0.15) is 60.3 Å². The lowest BCUT2D eigenvalue weighted by molar-refractivity contribution is -0.142. The van der Waals surface area contributed by atoms with Gasteiger partial charge in [-0.05, 0) is 37.5 Å². The highest BCUT2D eigenvalue weighted by atomic mass is 16.5. The molecule has 3 atom stereocenters. The maximum absolute atomic E-state index is 11.0. The zero-order valence-electron chi connectivity index (χ0n) is 12.7. The Labute approximate surface area is 113 Å². The average molecular weight is 254 g/mol. The molecule has 0 aromatic rings. The Kier molecular flexibility index (Phi) is 8.78. The molecule has 2 heteroatoms. The second kappa shape index (κ2) is 9.18. The molecular formula is C16H30O2. The molecule has 0 saturated carbocycles. The molecule has 0 aliphatic carbocycles. The summed E-state index contributed by atoms with van der Waals surface area (Å²) in [6, 6.07) is 0. The van der Waals surface area contributed by atoms with Crippen molar-refractivity contribution < 1.29 is 9.53 Å². The normalized spacial score (nSPS) is 16.1.